The number of benzene rings is 1. The third-order valence-corrected chi connectivity index (χ3v) is 3.10. The summed E-state index contributed by atoms with van der Waals surface area (Å²) < 4.78 is 6.81. The molecule has 0 aliphatic carbocycles. The second-order valence-corrected chi connectivity index (χ2v) is 4.35. The van der Waals surface area contributed by atoms with Crippen molar-refractivity contribution in [1.29, 1.82) is 0 Å². The second-order valence-electron chi connectivity index (χ2n) is 4.35. The largest absolute Gasteiger partial charge is 0.497 e. The van der Waals surface area contributed by atoms with Crippen molar-refractivity contribution in [2.75, 3.05) is 12.4 Å². The molecule has 0 spiro atoms. The van der Waals surface area contributed by atoms with E-state index in [2.05, 4.69) is 10.4 Å². The zero-order chi connectivity index (χ0) is 14.0. The molecule has 0 radical (unpaired) electrons. The SMILES string of the molecule is COc1ccc(C(=O)Nc2c(C)nn(C)c2C)cc1. The summed E-state index contributed by atoms with van der Waals surface area (Å²) >= 11 is 0. The lowest BCUT2D eigenvalue weighted by atomic mass is 10.2. The van der Waals surface area contributed by atoms with Crippen molar-refractivity contribution in [3.8, 4) is 5.75 Å². The maximum atomic E-state index is 12.1. The van der Waals surface area contributed by atoms with Gasteiger partial charge in [-0.2, -0.15) is 5.10 Å². The highest BCUT2D eigenvalue weighted by Gasteiger charge is 2.13. The zero-order valence-electron chi connectivity index (χ0n) is 11.5. The van der Waals surface area contributed by atoms with Gasteiger partial charge in [-0.1, -0.05) is 0 Å². The minimum atomic E-state index is -0.151. The van der Waals surface area contributed by atoms with Gasteiger partial charge in [-0.25, -0.2) is 0 Å². The first-order valence-electron chi connectivity index (χ1n) is 5.98. The summed E-state index contributed by atoms with van der Waals surface area (Å²) in [4.78, 5) is 12.1. The van der Waals surface area contributed by atoms with Crippen LogP contribution in [0.2, 0.25) is 0 Å². The number of methoxy groups -OCH3 is 1. The number of hydrogen-bond acceptors (Lipinski definition) is 3. The predicted molar refractivity (Wildman–Crippen MR) is 73.6 cm³/mol. The third-order valence-electron chi connectivity index (χ3n) is 3.10. The molecule has 1 heterocycles. The standard InChI is InChI=1S/C14H17N3O2/c1-9-13(10(2)17(3)16-9)15-14(18)11-5-7-12(19-4)8-6-11/h5-8H,1-4H3,(H,15,18). The molecule has 100 valence electrons. The highest BCUT2D eigenvalue weighted by molar-refractivity contribution is 6.04. The van der Waals surface area contributed by atoms with Gasteiger partial charge in [0, 0.05) is 12.6 Å². The van der Waals surface area contributed by atoms with Gasteiger partial charge in [0.1, 0.15) is 5.75 Å². The molecular formula is C14H17N3O2. The Labute approximate surface area is 112 Å². The molecule has 19 heavy (non-hydrogen) atoms. The van der Waals surface area contributed by atoms with Crippen molar-refractivity contribution in [3.05, 3.63) is 41.2 Å². The Hall–Kier alpha value is -2.30. The Morgan fingerprint density at radius 3 is 2.37 bits per heavy atom. The fourth-order valence-electron chi connectivity index (χ4n) is 1.88. The molecular weight excluding hydrogens is 242 g/mol. The maximum absolute atomic E-state index is 12.1. The number of nitrogens with one attached hydrogen (secondary N) is 1. The minimum Gasteiger partial charge on any atom is -0.497 e. The van der Waals surface area contributed by atoms with Crippen molar-refractivity contribution < 1.29 is 9.53 Å². The van der Waals surface area contributed by atoms with E-state index in [1.54, 1.807) is 36.1 Å². The molecule has 2 rings (SSSR count). The van der Waals surface area contributed by atoms with Crippen LogP contribution in [-0.4, -0.2) is 22.8 Å². The van der Waals surface area contributed by atoms with Gasteiger partial charge in [0.15, 0.2) is 0 Å². The molecule has 0 atom stereocenters. The van der Waals surface area contributed by atoms with Gasteiger partial charge >= 0.3 is 0 Å². The van der Waals surface area contributed by atoms with E-state index in [-0.39, 0.29) is 5.91 Å². The van der Waals surface area contributed by atoms with Crippen molar-refractivity contribution in [2.45, 2.75) is 13.8 Å². The first kappa shape index (κ1) is 13.1. The number of aryl methyl sites for hydroxylation is 2. The van der Waals surface area contributed by atoms with E-state index >= 15 is 0 Å². The molecule has 0 aliphatic heterocycles. The summed E-state index contributed by atoms with van der Waals surface area (Å²) in [6, 6.07) is 6.99. The molecule has 5 heteroatoms. The van der Waals surface area contributed by atoms with Crippen LogP contribution in [0.15, 0.2) is 24.3 Å². The summed E-state index contributed by atoms with van der Waals surface area (Å²) in [5, 5.41) is 7.16. The first-order valence-corrected chi connectivity index (χ1v) is 5.98. The predicted octanol–water partition coefficient (Wildman–Crippen LogP) is 2.30. The van der Waals surface area contributed by atoms with E-state index in [1.807, 2.05) is 20.9 Å². The Morgan fingerprint density at radius 2 is 1.89 bits per heavy atom. The van der Waals surface area contributed by atoms with Crippen LogP contribution in [0.4, 0.5) is 5.69 Å². The van der Waals surface area contributed by atoms with Gasteiger partial charge in [0.05, 0.1) is 24.2 Å². The average Bonchev–Trinajstić information content (AvgIpc) is 2.65. The van der Waals surface area contributed by atoms with Crippen LogP contribution < -0.4 is 10.1 Å². The van der Waals surface area contributed by atoms with Crippen LogP contribution in [0.5, 0.6) is 5.75 Å². The summed E-state index contributed by atoms with van der Waals surface area (Å²) in [6.45, 7) is 3.79. The number of carbonyl (C=O) groups excluding carboxylic acids is 1. The van der Waals surface area contributed by atoms with E-state index in [0.29, 0.717) is 5.56 Å². The highest BCUT2D eigenvalue weighted by atomic mass is 16.5. The number of carbonyl (C=O) groups is 1. The Bertz CT molecular complexity index is 600. The molecule has 0 aliphatic rings. The van der Waals surface area contributed by atoms with E-state index in [9.17, 15) is 4.79 Å². The van der Waals surface area contributed by atoms with E-state index in [1.165, 1.54) is 0 Å². The summed E-state index contributed by atoms with van der Waals surface area (Å²) in [5.41, 5.74) is 3.09. The summed E-state index contributed by atoms with van der Waals surface area (Å²) in [7, 11) is 3.45. The van der Waals surface area contributed by atoms with E-state index < -0.39 is 0 Å². The monoisotopic (exact) mass is 259 g/mol. The average molecular weight is 259 g/mol. The molecule has 1 aromatic carbocycles. The van der Waals surface area contributed by atoms with Crippen molar-refractivity contribution in [1.82, 2.24) is 9.78 Å². The molecule has 0 fully saturated rings. The Balaban J connectivity index is 2.20. The fourth-order valence-corrected chi connectivity index (χ4v) is 1.88. The molecule has 0 saturated carbocycles. The first-order chi connectivity index (χ1) is 9.02. The number of anilines is 1. The Kier molecular flexibility index (Phi) is 3.55. The molecule has 1 amide bonds. The number of aromatic nitrogens is 2. The fraction of sp³-hybridized carbons (Fsp3) is 0.286. The van der Waals surface area contributed by atoms with Crippen molar-refractivity contribution in [3.63, 3.8) is 0 Å². The molecule has 0 saturated heterocycles. The van der Waals surface area contributed by atoms with Gasteiger partial charge < -0.3 is 10.1 Å². The highest BCUT2D eigenvalue weighted by Crippen LogP contribution is 2.20. The number of ether oxygens (including phenoxy) is 1. The smallest absolute Gasteiger partial charge is 0.255 e. The molecule has 0 bridgehead atoms. The topological polar surface area (TPSA) is 56.1 Å². The molecule has 0 unspecified atom stereocenters. The van der Waals surface area contributed by atoms with Crippen LogP contribution >= 0.6 is 0 Å². The molecule has 5 nitrogen and oxygen atoms in total. The van der Waals surface area contributed by atoms with Gasteiger partial charge in [0.25, 0.3) is 5.91 Å². The van der Waals surface area contributed by atoms with Gasteiger partial charge in [-0.3, -0.25) is 9.48 Å². The van der Waals surface area contributed by atoms with Crippen molar-refractivity contribution in [2.24, 2.45) is 7.05 Å². The molecule has 1 N–H and O–H groups in total. The van der Waals surface area contributed by atoms with Crippen LogP contribution in [0.3, 0.4) is 0 Å². The van der Waals surface area contributed by atoms with E-state index in [0.717, 1.165) is 22.8 Å². The maximum Gasteiger partial charge on any atom is 0.255 e. The van der Waals surface area contributed by atoms with Crippen molar-refractivity contribution >= 4 is 11.6 Å². The Morgan fingerprint density at radius 1 is 1.26 bits per heavy atom. The summed E-state index contributed by atoms with van der Waals surface area (Å²) in [6.07, 6.45) is 0. The van der Waals surface area contributed by atoms with Crippen LogP contribution in [0, 0.1) is 13.8 Å². The molecule has 1 aromatic heterocycles. The van der Waals surface area contributed by atoms with Crippen LogP contribution in [0.25, 0.3) is 0 Å². The number of amides is 1. The lowest BCUT2D eigenvalue weighted by molar-refractivity contribution is 0.102. The number of nitrogens with zero attached hydrogens (tertiary/aromatic N) is 2. The van der Waals surface area contributed by atoms with Crippen LogP contribution in [-0.2, 0) is 7.05 Å². The quantitative estimate of drug-likeness (QED) is 0.920. The number of hydrogen-bond donors (Lipinski definition) is 1. The van der Waals surface area contributed by atoms with E-state index in [4.69, 9.17) is 4.74 Å². The number of rotatable bonds is 3. The zero-order valence-corrected chi connectivity index (χ0v) is 11.5. The normalized spacial score (nSPS) is 10.3. The van der Waals surface area contributed by atoms with Crippen LogP contribution in [0.1, 0.15) is 21.7 Å². The molecule has 2 aromatic rings. The van der Waals surface area contributed by atoms with Gasteiger partial charge in [-0.05, 0) is 38.1 Å². The second kappa shape index (κ2) is 5.14. The van der Waals surface area contributed by atoms with Gasteiger partial charge in [-0.15, -0.1) is 0 Å². The third kappa shape index (κ3) is 2.59. The van der Waals surface area contributed by atoms with Gasteiger partial charge in [0.2, 0.25) is 0 Å². The lowest BCUT2D eigenvalue weighted by Gasteiger charge is -2.06. The minimum absolute atomic E-state index is 0.151. The summed E-state index contributed by atoms with van der Waals surface area (Å²) in [5.74, 6) is 0.576. The lowest BCUT2D eigenvalue weighted by Crippen LogP contribution is -2.13.